The molecule has 4 heteroatoms. The molecule has 0 spiro atoms. The molecule has 50 valence electrons. The van der Waals surface area contributed by atoms with Gasteiger partial charge >= 0.3 is 0 Å². The van der Waals surface area contributed by atoms with Gasteiger partial charge in [-0.2, -0.15) is 5.10 Å². The van der Waals surface area contributed by atoms with Gasteiger partial charge in [-0.25, -0.2) is 0 Å². The van der Waals surface area contributed by atoms with E-state index in [1.807, 2.05) is 6.92 Å². The SMILES string of the molecule is CCNn1nccc1O. The first kappa shape index (κ1) is 5.94. The fourth-order valence-corrected chi connectivity index (χ4v) is 0.568. The highest BCUT2D eigenvalue weighted by molar-refractivity contribution is 5.05. The summed E-state index contributed by atoms with van der Waals surface area (Å²) in [6, 6.07) is 1.52. The fourth-order valence-electron chi connectivity index (χ4n) is 0.568. The number of nitrogens with one attached hydrogen (secondary N) is 1. The summed E-state index contributed by atoms with van der Waals surface area (Å²) in [6.07, 6.45) is 1.53. The lowest BCUT2D eigenvalue weighted by Gasteiger charge is -2.01. The molecule has 0 aliphatic heterocycles. The summed E-state index contributed by atoms with van der Waals surface area (Å²) in [6.45, 7) is 2.68. The van der Waals surface area contributed by atoms with Crippen LogP contribution in [0.3, 0.4) is 0 Å². The van der Waals surface area contributed by atoms with Crippen LogP contribution in [0.2, 0.25) is 0 Å². The van der Waals surface area contributed by atoms with E-state index in [0.29, 0.717) is 0 Å². The van der Waals surface area contributed by atoms with E-state index >= 15 is 0 Å². The average Bonchev–Trinajstić information content (AvgIpc) is 2.18. The second kappa shape index (κ2) is 2.39. The van der Waals surface area contributed by atoms with Crippen LogP contribution in [0.25, 0.3) is 0 Å². The second-order valence-corrected chi connectivity index (χ2v) is 1.61. The van der Waals surface area contributed by atoms with Gasteiger partial charge in [-0.1, -0.05) is 0 Å². The summed E-state index contributed by atoms with van der Waals surface area (Å²) in [5.41, 5.74) is 2.81. The molecule has 4 nitrogen and oxygen atoms in total. The third-order valence-corrected chi connectivity index (χ3v) is 0.931. The van der Waals surface area contributed by atoms with Gasteiger partial charge in [0.15, 0.2) is 0 Å². The Hall–Kier alpha value is -1.19. The molecule has 0 aromatic carbocycles. The minimum Gasteiger partial charge on any atom is -0.492 e. The topological polar surface area (TPSA) is 50.1 Å². The van der Waals surface area contributed by atoms with Crippen LogP contribution in [0, 0.1) is 0 Å². The van der Waals surface area contributed by atoms with Gasteiger partial charge in [0.25, 0.3) is 0 Å². The molecule has 0 saturated heterocycles. The van der Waals surface area contributed by atoms with Crippen molar-refractivity contribution >= 4 is 0 Å². The maximum absolute atomic E-state index is 8.92. The minimum atomic E-state index is 0.136. The number of aromatic nitrogens is 2. The van der Waals surface area contributed by atoms with Crippen LogP contribution < -0.4 is 5.43 Å². The van der Waals surface area contributed by atoms with E-state index < -0.39 is 0 Å². The lowest BCUT2D eigenvalue weighted by Crippen LogP contribution is -2.14. The molecule has 1 aromatic heterocycles. The standard InChI is InChI=1S/C5H9N3O/c1-2-6-8-5(9)3-4-7-8/h3-4,6,9H,2H2,1H3. The van der Waals surface area contributed by atoms with E-state index in [-0.39, 0.29) is 5.88 Å². The van der Waals surface area contributed by atoms with Gasteiger partial charge < -0.3 is 10.5 Å². The quantitative estimate of drug-likeness (QED) is 0.594. The molecule has 0 bridgehead atoms. The lowest BCUT2D eigenvalue weighted by molar-refractivity contribution is 0.420. The monoisotopic (exact) mass is 127 g/mol. The van der Waals surface area contributed by atoms with Gasteiger partial charge in [0.2, 0.25) is 5.88 Å². The Balaban J connectivity index is 2.69. The van der Waals surface area contributed by atoms with Gasteiger partial charge in [0.1, 0.15) is 0 Å². The highest BCUT2D eigenvalue weighted by Crippen LogP contribution is 2.01. The van der Waals surface area contributed by atoms with E-state index in [4.69, 9.17) is 5.11 Å². The zero-order valence-corrected chi connectivity index (χ0v) is 5.20. The van der Waals surface area contributed by atoms with Crippen LogP contribution in [0.15, 0.2) is 12.3 Å². The molecule has 0 saturated carbocycles. The Morgan fingerprint density at radius 1 is 1.89 bits per heavy atom. The third kappa shape index (κ3) is 1.13. The first-order valence-corrected chi connectivity index (χ1v) is 2.81. The van der Waals surface area contributed by atoms with E-state index in [1.54, 1.807) is 0 Å². The van der Waals surface area contributed by atoms with Crippen molar-refractivity contribution in [2.75, 3.05) is 12.0 Å². The van der Waals surface area contributed by atoms with Crippen LogP contribution in [0.1, 0.15) is 6.92 Å². The Kier molecular flexibility index (Phi) is 1.58. The van der Waals surface area contributed by atoms with Crippen molar-refractivity contribution in [3.63, 3.8) is 0 Å². The van der Waals surface area contributed by atoms with Crippen LogP contribution in [-0.4, -0.2) is 21.5 Å². The van der Waals surface area contributed by atoms with Crippen molar-refractivity contribution in [1.82, 2.24) is 9.89 Å². The molecule has 1 rings (SSSR count). The molecule has 0 atom stereocenters. The third-order valence-electron chi connectivity index (χ3n) is 0.931. The van der Waals surface area contributed by atoms with Gasteiger partial charge in [0.05, 0.1) is 6.20 Å². The summed E-state index contributed by atoms with van der Waals surface area (Å²) in [5, 5.41) is 12.7. The minimum absolute atomic E-state index is 0.136. The molecule has 2 N–H and O–H groups in total. The van der Waals surface area contributed by atoms with Crippen molar-refractivity contribution in [2.24, 2.45) is 0 Å². The molecule has 0 fully saturated rings. The van der Waals surface area contributed by atoms with Crippen molar-refractivity contribution in [1.29, 1.82) is 0 Å². The van der Waals surface area contributed by atoms with Crippen molar-refractivity contribution in [3.05, 3.63) is 12.3 Å². The van der Waals surface area contributed by atoms with Gasteiger partial charge in [-0.3, -0.25) is 0 Å². The number of rotatable bonds is 2. The van der Waals surface area contributed by atoms with Crippen LogP contribution in [-0.2, 0) is 0 Å². The Morgan fingerprint density at radius 2 is 2.67 bits per heavy atom. The fraction of sp³-hybridized carbons (Fsp3) is 0.400. The maximum atomic E-state index is 8.92. The highest BCUT2D eigenvalue weighted by Gasteiger charge is 1.93. The van der Waals surface area contributed by atoms with Crippen LogP contribution in [0.4, 0.5) is 0 Å². The summed E-state index contributed by atoms with van der Waals surface area (Å²) in [5.74, 6) is 0.136. The van der Waals surface area contributed by atoms with E-state index in [2.05, 4.69) is 10.5 Å². The predicted octanol–water partition coefficient (Wildman–Crippen LogP) is 0.152. The molecule has 1 heterocycles. The Bertz CT molecular complexity index is 184. The molecule has 0 radical (unpaired) electrons. The number of hydrogen-bond donors (Lipinski definition) is 2. The molecule has 0 aliphatic carbocycles. The predicted molar refractivity (Wildman–Crippen MR) is 33.8 cm³/mol. The van der Waals surface area contributed by atoms with Crippen molar-refractivity contribution in [2.45, 2.75) is 6.92 Å². The molecule has 0 amide bonds. The van der Waals surface area contributed by atoms with Crippen molar-refractivity contribution in [3.8, 4) is 5.88 Å². The first-order chi connectivity index (χ1) is 4.34. The van der Waals surface area contributed by atoms with Gasteiger partial charge in [-0.15, -0.1) is 4.79 Å². The normalized spacial score (nSPS) is 9.44. The molecule has 1 aromatic rings. The lowest BCUT2D eigenvalue weighted by atomic mass is 10.7. The summed E-state index contributed by atoms with van der Waals surface area (Å²) >= 11 is 0. The zero-order valence-electron chi connectivity index (χ0n) is 5.20. The molecular formula is C5H9N3O. The zero-order chi connectivity index (χ0) is 6.69. The number of hydrogen-bond acceptors (Lipinski definition) is 3. The molecule has 0 unspecified atom stereocenters. The first-order valence-electron chi connectivity index (χ1n) is 2.81. The van der Waals surface area contributed by atoms with Crippen molar-refractivity contribution < 1.29 is 5.11 Å². The maximum Gasteiger partial charge on any atom is 0.229 e. The largest absolute Gasteiger partial charge is 0.492 e. The smallest absolute Gasteiger partial charge is 0.229 e. The van der Waals surface area contributed by atoms with Gasteiger partial charge in [-0.05, 0) is 6.92 Å². The average molecular weight is 127 g/mol. The highest BCUT2D eigenvalue weighted by atomic mass is 16.3. The molecule has 9 heavy (non-hydrogen) atoms. The molecule has 0 aliphatic rings. The van der Waals surface area contributed by atoms with E-state index in [1.165, 1.54) is 17.1 Å². The Morgan fingerprint density at radius 3 is 3.11 bits per heavy atom. The summed E-state index contributed by atoms with van der Waals surface area (Å²) in [7, 11) is 0. The van der Waals surface area contributed by atoms with Gasteiger partial charge in [0, 0.05) is 12.6 Å². The second-order valence-electron chi connectivity index (χ2n) is 1.61. The number of aromatic hydroxyl groups is 1. The van der Waals surface area contributed by atoms with E-state index in [0.717, 1.165) is 6.54 Å². The molecular weight excluding hydrogens is 118 g/mol. The van der Waals surface area contributed by atoms with E-state index in [9.17, 15) is 0 Å². The summed E-state index contributed by atoms with van der Waals surface area (Å²) < 4.78 is 0. The Labute approximate surface area is 53.1 Å². The number of nitrogens with zero attached hydrogens (tertiary/aromatic N) is 2. The van der Waals surface area contributed by atoms with Crippen LogP contribution in [0.5, 0.6) is 5.88 Å². The summed E-state index contributed by atoms with van der Waals surface area (Å²) in [4.78, 5) is 1.32. The van der Waals surface area contributed by atoms with Crippen LogP contribution >= 0.6 is 0 Å².